The highest BCUT2D eigenvalue weighted by Crippen LogP contribution is 2.31. The largest absolute Gasteiger partial charge is 0.480 e. The zero-order chi connectivity index (χ0) is 17.9. The molecular weight excluding hydrogens is 356 g/mol. The fraction of sp³-hybridized carbons (Fsp3) is 0.154. The van der Waals surface area contributed by atoms with E-state index in [1.54, 1.807) is 0 Å². The fourth-order valence-electron chi connectivity index (χ4n) is 1.62. The molecule has 3 N–H and O–H groups in total. The number of carbonyl (C=O) groups is 1. The van der Waals surface area contributed by atoms with E-state index < -0.39 is 36.1 Å². The van der Waals surface area contributed by atoms with Gasteiger partial charge in [-0.3, -0.25) is 4.79 Å². The number of nitrogens with one attached hydrogen (secondary N) is 2. The first-order chi connectivity index (χ1) is 11.1. The number of hydrogen-bond acceptors (Lipinski definition) is 5. The summed E-state index contributed by atoms with van der Waals surface area (Å²) in [6, 6.07) is 4.02. The van der Waals surface area contributed by atoms with Gasteiger partial charge in [-0.25, -0.2) is 9.37 Å². The third-order valence-electron chi connectivity index (χ3n) is 2.61. The first-order valence-electron chi connectivity index (χ1n) is 6.29. The van der Waals surface area contributed by atoms with E-state index in [0.29, 0.717) is 6.07 Å². The summed E-state index contributed by atoms with van der Waals surface area (Å²) in [5.41, 5.74) is -1.52. The van der Waals surface area contributed by atoms with Crippen LogP contribution in [0.2, 0.25) is 5.02 Å². The van der Waals surface area contributed by atoms with Crippen molar-refractivity contribution in [1.82, 2.24) is 9.97 Å². The summed E-state index contributed by atoms with van der Waals surface area (Å²) in [5, 5.41) is 13.2. The van der Waals surface area contributed by atoms with Crippen molar-refractivity contribution in [1.29, 1.82) is 0 Å². The first-order valence-corrected chi connectivity index (χ1v) is 6.67. The molecule has 1 aromatic heterocycles. The standard InChI is InChI=1S/C13H9ClF4N4O2/c14-6-1-2-7(15)8(3-6)20-10-4-9(13(16,17)18)21-12(22-10)19-5-11(23)24/h1-4H,5H2,(H,23,24)(H2,19,20,21,22). The lowest BCUT2D eigenvalue weighted by molar-refractivity contribution is -0.141. The third kappa shape index (κ3) is 4.69. The Morgan fingerprint density at radius 1 is 1.25 bits per heavy atom. The van der Waals surface area contributed by atoms with Crippen LogP contribution in [0.1, 0.15) is 5.69 Å². The maximum atomic E-state index is 13.7. The average molecular weight is 365 g/mol. The number of aromatic nitrogens is 2. The van der Waals surface area contributed by atoms with E-state index in [-0.39, 0.29) is 16.5 Å². The van der Waals surface area contributed by atoms with Crippen LogP contribution in [0.15, 0.2) is 24.3 Å². The van der Waals surface area contributed by atoms with Crippen LogP contribution < -0.4 is 10.6 Å². The van der Waals surface area contributed by atoms with Crippen LogP contribution in [0.4, 0.5) is 35.0 Å². The van der Waals surface area contributed by atoms with Crippen LogP contribution in [0.25, 0.3) is 0 Å². The topological polar surface area (TPSA) is 87.1 Å². The van der Waals surface area contributed by atoms with Crippen molar-refractivity contribution in [2.24, 2.45) is 0 Å². The maximum Gasteiger partial charge on any atom is 0.433 e. The smallest absolute Gasteiger partial charge is 0.433 e. The number of rotatable bonds is 5. The van der Waals surface area contributed by atoms with Crippen molar-refractivity contribution in [2.75, 3.05) is 17.2 Å². The van der Waals surface area contributed by atoms with Crippen molar-refractivity contribution < 1.29 is 27.5 Å². The van der Waals surface area contributed by atoms with Gasteiger partial charge in [-0.2, -0.15) is 18.2 Å². The van der Waals surface area contributed by atoms with Crippen molar-refractivity contribution in [3.63, 3.8) is 0 Å². The van der Waals surface area contributed by atoms with Crippen LogP contribution in [0.3, 0.4) is 0 Å². The van der Waals surface area contributed by atoms with Crippen molar-refractivity contribution in [3.8, 4) is 0 Å². The molecule has 128 valence electrons. The second-order valence-corrected chi connectivity index (χ2v) is 4.89. The summed E-state index contributed by atoms with van der Waals surface area (Å²) in [5.74, 6) is -3.03. The number of nitrogens with zero attached hydrogens (tertiary/aromatic N) is 2. The molecule has 0 amide bonds. The Morgan fingerprint density at radius 3 is 2.58 bits per heavy atom. The van der Waals surface area contributed by atoms with E-state index in [0.717, 1.165) is 12.1 Å². The Hall–Kier alpha value is -2.62. The van der Waals surface area contributed by atoms with Gasteiger partial charge in [-0.15, -0.1) is 0 Å². The normalized spacial score (nSPS) is 11.2. The minimum absolute atomic E-state index is 0.160. The highest BCUT2D eigenvalue weighted by Gasteiger charge is 2.34. The monoisotopic (exact) mass is 364 g/mol. The van der Waals surface area contributed by atoms with Gasteiger partial charge in [-0.1, -0.05) is 11.6 Å². The molecule has 0 spiro atoms. The molecule has 0 fully saturated rings. The lowest BCUT2D eigenvalue weighted by Crippen LogP contribution is -2.17. The Kier molecular flexibility index (Phi) is 5.07. The molecule has 0 radical (unpaired) electrons. The van der Waals surface area contributed by atoms with E-state index >= 15 is 0 Å². The summed E-state index contributed by atoms with van der Waals surface area (Å²) >= 11 is 5.71. The number of carboxylic acid groups (broad SMARTS) is 1. The van der Waals surface area contributed by atoms with E-state index in [1.165, 1.54) is 6.07 Å². The second-order valence-electron chi connectivity index (χ2n) is 4.46. The maximum absolute atomic E-state index is 13.7. The molecule has 0 aliphatic heterocycles. The molecular formula is C13H9ClF4N4O2. The van der Waals surface area contributed by atoms with Crippen molar-refractivity contribution in [2.45, 2.75) is 6.18 Å². The Bertz CT molecular complexity index is 770. The number of benzene rings is 1. The van der Waals surface area contributed by atoms with Crippen molar-refractivity contribution in [3.05, 3.63) is 40.8 Å². The van der Waals surface area contributed by atoms with Gasteiger partial charge in [0.15, 0.2) is 5.69 Å². The highest BCUT2D eigenvalue weighted by atomic mass is 35.5. The molecule has 1 heterocycles. The van der Waals surface area contributed by atoms with Crippen molar-refractivity contribution >= 4 is 35.0 Å². The first kappa shape index (κ1) is 17.7. The fourth-order valence-corrected chi connectivity index (χ4v) is 1.79. The predicted octanol–water partition coefficient (Wildman–Crippen LogP) is 3.53. The molecule has 0 aliphatic carbocycles. The van der Waals surface area contributed by atoms with E-state index in [4.69, 9.17) is 16.7 Å². The number of hydrogen-bond donors (Lipinski definition) is 3. The van der Waals surface area contributed by atoms with Crippen LogP contribution >= 0.6 is 11.6 Å². The lowest BCUT2D eigenvalue weighted by Gasteiger charge is -2.12. The second kappa shape index (κ2) is 6.87. The minimum atomic E-state index is -4.80. The van der Waals surface area contributed by atoms with E-state index in [1.807, 2.05) is 0 Å². The molecule has 0 atom stereocenters. The van der Waals surface area contributed by atoms with Gasteiger partial charge in [0.25, 0.3) is 0 Å². The van der Waals surface area contributed by atoms with Crippen LogP contribution in [-0.4, -0.2) is 27.6 Å². The Morgan fingerprint density at radius 2 is 1.96 bits per heavy atom. The zero-order valence-electron chi connectivity index (χ0n) is 11.7. The molecule has 0 saturated heterocycles. The molecule has 0 aliphatic rings. The van der Waals surface area contributed by atoms with Crippen LogP contribution in [0, 0.1) is 5.82 Å². The summed E-state index contributed by atoms with van der Waals surface area (Å²) < 4.78 is 52.3. The SMILES string of the molecule is O=C(O)CNc1nc(Nc2cc(Cl)ccc2F)cc(C(F)(F)F)n1. The lowest BCUT2D eigenvalue weighted by atomic mass is 10.3. The van der Waals surface area contributed by atoms with E-state index in [2.05, 4.69) is 20.6 Å². The summed E-state index contributed by atoms with van der Waals surface area (Å²) in [4.78, 5) is 17.4. The molecule has 0 bridgehead atoms. The van der Waals surface area contributed by atoms with Gasteiger partial charge in [0, 0.05) is 11.1 Å². The molecule has 0 saturated carbocycles. The number of halogens is 5. The highest BCUT2D eigenvalue weighted by molar-refractivity contribution is 6.30. The summed E-state index contributed by atoms with van der Waals surface area (Å²) in [6.07, 6.45) is -4.80. The predicted molar refractivity (Wildman–Crippen MR) is 77.9 cm³/mol. The van der Waals surface area contributed by atoms with Gasteiger partial charge >= 0.3 is 12.1 Å². The van der Waals surface area contributed by atoms with Crippen LogP contribution in [0.5, 0.6) is 0 Å². The molecule has 1 aromatic carbocycles. The average Bonchev–Trinajstić information content (AvgIpc) is 2.48. The van der Waals surface area contributed by atoms with E-state index in [9.17, 15) is 22.4 Å². The third-order valence-corrected chi connectivity index (χ3v) is 2.84. The van der Waals surface area contributed by atoms with Gasteiger partial charge < -0.3 is 15.7 Å². The number of anilines is 3. The summed E-state index contributed by atoms with van der Waals surface area (Å²) in [6.45, 7) is -0.688. The molecule has 0 unspecified atom stereocenters. The zero-order valence-corrected chi connectivity index (χ0v) is 12.4. The molecule has 6 nitrogen and oxygen atoms in total. The van der Waals surface area contributed by atoms with Gasteiger partial charge in [-0.05, 0) is 18.2 Å². The van der Waals surface area contributed by atoms with Gasteiger partial charge in [0.05, 0.1) is 5.69 Å². The Balaban J connectivity index is 2.38. The van der Waals surface area contributed by atoms with Gasteiger partial charge in [0.1, 0.15) is 18.2 Å². The molecule has 2 rings (SSSR count). The minimum Gasteiger partial charge on any atom is -0.480 e. The molecule has 2 aromatic rings. The Labute approximate surface area is 137 Å². The number of carboxylic acids is 1. The summed E-state index contributed by atoms with van der Waals surface area (Å²) in [7, 11) is 0. The number of alkyl halides is 3. The quantitative estimate of drug-likeness (QED) is 0.704. The molecule has 24 heavy (non-hydrogen) atoms. The van der Waals surface area contributed by atoms with Gasteiger partial charge in [0.2, 0.25) is 5.95 Å². The molecule has 11 heteroatoms. The van der Waals surface area contributed by atoms with Crippen LogP contribution in [-0.2, 0) is 11.0 Å². The number of aliphatic carboxylic acids is 1.